The highest BCUT2D eigenvalue weighted by Gasteiger charge is 2.28. The summed E-state index contributed by atoms with van der Waals surface area (Å²) in [6.07, 6.45) is 0.996. The number of hydrogen-bond acceptors (Lipinski definition) is 4. The van der Waals surface area contributed by atoms with Crippen molar-refractivity contribution in [3.05, 3.63) is 29.3 Å². The SMILES string of the molecule is CC(C)(CNC(=O)c1ccc2c(c1)CCN2)N1CCOCC1. The third-order valence-electron chi connectivity index (χ3n) is 4.63. The van der Waals surface area contributed by atoms with Crippen molar-refractivity contribution < 1.29 is 9.53 Å². The number of carbonyl (C=O) groups excluding carboxylic acids is 1. The molecule has 5 heteroatoms. The van der Waals surface area contributed by atoms with E-state index < -0.39 is 0 Å². The van der Waals surface area contributed by atoms with Gasteiger partial charge < -0.3 is 15.4 Å². The number of nitrogens with one attached hydrogen (secondary N) is 2. The van der Waals surface area contributed by atoms with Gasteiger partial charge in [0.25, 0.3) is 5.91 Å². The quantitative estimate of drug-likeness (QED) is 0.885. The molecular formula is C17H25N3O2. The van der Waals surface area contributed by atoms with Crippen LogP contribution in [0.15, 0.2) is 18.2 Å². The molecule has 1 fully saturated rings. The lowest BCUT2D eigenvalue weighted by Gasteiger charge is -2.40. The Morgan fingerprint density at radius 3 is 2.91 bits per heavy atom. The van der Waals surface area contributed by atoms with Crippen molar-refractivity contribution in [1.29, 1.82) is 0 Å². The number of fused-ring (bicyclic) bond motifs is 1. The summed E-state index contributed by atoms with van der Waals surface area (Å²) in [7, 11) is 0. The van der Waals surface area contributed by atoms with E-state index in [1.54, 1.807) is 0 Å². The molecule has 0 spiro atoms. The van der Waals surface area contributed by atoms with E-state index in [0.717, 1.165) is 50.5 Å². The van der Waals surface area contributed by atoms with Crippen molar-refractivity contribution in [2.75, 3.05) is 44.7 Å². The van der Waals surface area contributed by atoms with Crippen molar-refractivity contribution in [3.63, 3.8) is 0 Å². The van der Waals surface area contributed by atoms with Gasteiger partial charge in [-0.15, -0.1) is 0 Å². The molecule has 0 saturated carbocycles. The fraction of sp³-hybridized carbons (Fsp3) is 0.588. The lowest BCUT2D eigenvalue weighted by Crippen LogP contribution is -2.55. The molecule has 0 unspecified atom stereocenters. The van der Waals surface area contributed by atoms with Gasteiger partial charge in [0.15, 0.2) is 0 Å². The van der Waals surface area contributed by atoms with Gasteiger partial charge in [0.05, 0.1) is 13.2 Å². The molecule has 2 aliphatic rings. The monoisotopic (exact) mass is 303 g/mol. The standard InChI is InChI=1S/C17H25N3O2/c1-17(2,20-7-9-22-10-8-20)12-19-16(21)14-3-4-15-13(11-14)5-6-18-15/h3-4,11,18H,5-10,12H2,1-2H3,(H,19,21). The second-order valence-electron chi connectivity index (χ2n) is 6.64. The van der Waals surface area contributed by atoms with E-state index in [-0.39, 0.29) is 11.4 Å². The predicted octanol–water partition coefficient (Wildman–Crippen LogP) is 1.50. The molecule has 0 aromatic heterocycles. The average Bonchev–Trinajstić information content (AvgIpc) is 3.01. The van der Waals surface area contributed by atoms with Gasteiger partial charge in [0.2, 0.25) is 0 Å². The van der Waals surface area contributed by atoms with Gasteiger partial charge in [0, 0.05) is 43.0 Å². The smallest absolute Gasteiger partial charge is 0.251 e. The molecule has 3 rings (SSSR count). The Morgan fingerprint density at radius 2 is 2.14 bits per heavy atom. The van der Waals surface area contributed by atoms with Crippen molar-refractivity contribution in [1.82, 2.24) is 10.2 Å². The molecule has 5 nitrogen and oxygen atoms in total. The van der Waals surface area contributed by atoms with Gasteiger partial charge in [-0.1, -0.05) is 0 Å². The number of carbonyl (C=O) groups is 1. The molecule has 2 heterocycles. The minimum Gasteiger partial charge on any atom is -0.384 e. The Balaban J connectivity index is 1.59. The Kier molecular flexibility index (Phi) is 4.36. The lowest BCUT2D eigenvalue weighted by atomic mass is 10.0. The molecule has 0 atom stereocenters. The third-order valence-corrected chi connectivity index (χ3v) is 4.63. The summed E-state index contributed by atoms with van der Waals surface area (Å²) < 4.78 is 5.40. The zero-order valence-electron chi connectivity index (χ0n) is 13.4. The van der Waals surface area contributed by atoms with Crippen molar-refractivity contribution in [2.24, 2.45) is 0 Å². The molecule has 1 amide bonds. The maximum absolute atomic E-state index is 12.4. The van der Waals surface area contributed by atoms with E-state index >= 15 is 0 Å². The van der Waals surface area contributed by atoms with Gasteiger partial charge in [-0.05, 0) is 44.0 Å². The summed E-state index contributed by atoms with van der Waals surface area (Å²) in [6.45, 7) is 9.34. The summed E-state index contributed by atoms with van der Waals surface area (Å²) >= 11 is 0. The van der Waals surface area contributed by atoms with E-state index in [1.165, 1.54) is 5.56 Å². The van der Waals surface area contributed by atoms with Crippen LogP contribution in [-0.4, -0.2) is 55.7 Å². The van der Waals surface area contributed by atoms with E-state index in [1.807, 2.05) is 18.2 Å². The van der Waals surface area contributed by atoms with Crippen LogP contribution in [0.1, 0.15) is 29.8 Å². The van der Waals surface area contributed by atoms with Crippen LogP contribution in [-0.2, 0) is 11.2 Å². The summed E-state index contributed by atoms with van der Waals surface area (Å²) in [4.78, 5) is 14.8. The van der Waals surface area contributed by atoms with E-state index in [0.29, 0.717) is 6.54 Å². The van der Waals surface area contributed by atoms with Crippen LogP contribution in [0.5, 0.6) is 0 Å². The first kappa shape index (κ1) is 15.3. The first-order valence-electron chi connectivity index (χ1n) is 8.04. The van der Waals surface area contributed by atoms with Gasteiger partial charge in [-0.25, -0.2) is 0 Å². The highest BCUT2D eigenvalue weighted by Crippen LogP contribution is 2.23. The van der Waals surface area contributed by atoms with Gasteiger partial charge in [-0.3, -0.25) is 9.69 Å². The molecule has 120 valence electrons. The first-order chi connectivity index (χ1) is 10.6. The fourth-order valence-corrected chi connectivity index (χ4v) is 3.13. The molecule has 0 aliphatic carbocycles. The van der Waals surface area contributed by atoms with E-state index in [4.69, 9.17) is 4.74 Å². The van der Waals surface area contributed by atoms with Crippen LogP contribution in [0.4, 0.5) is 5.69 Å². The predicted molar refractivity (Wildman–Crippen MR) is 87.4 cm³/mol. The van der Waals surface area contributed by atoms with Gasteiger partial charge >= 0.3 is 0 Å². The summed E-state index contributed by atoms with van der Waals surface area (Å²) in [5, 5.41) is 6.40. The summed E-state index contributed by atoms with van der Waals surface area (Å²) in [6, 6.07) is 5.91. The van der Waals surface area contributed by atoms with Crippen LogP contribution in [0, 0.1) is 0 Å². The first-order valence-corrected chi connectivity index (χ1v) is 8.04. The van der Waals surface area contributed by atoms with Crippen LogP contribution < -0.4 is 10.6 Å². The topological polar surface area (TPSA) is 53.6 Å². The highest BCUT2D eigenvalue weighted by atomic mass is 16.5. The largest absolute Gasteiger partial charge is 0.384 e. The molecule has 1 aromatic carbocycles. The zero-order valence-corrected chi connectivity index (χ0v) is 13.4. The lowest BCUT2D eigenvalue weighted by molar-refractivity contribution is -0.00923. The maximum Gasteiger partial charge on any atom is 0.251 e. The molecule has 2 aliphatic heterocycles. The fourth-order valence-electron chi connectivity index (χ4n) is 3.13. The van der Waals surface area contributed by atoms with Crippen LogP contribution >= 0.6 is 0 Å². The Morgan fingerprint density at radius 1 is 1.36 bits per heavy atom. The summed E-state index contributed by atoms with van der Waals surface area (Å²) in [5.41, 5.74) is 3.09. The molecule has 1 aromatic rings. The Bertz CT molecular complexity index is 551. The minimum atomic E-state index is -0.0578. The number of rotatable bonds is 4. The zero-order chi connectivity index (χ0) is 15.6. The molecular weight excluding hydrogens is 278 g/mol. The molecule has 0 radical (unpaired) electrons. The van der Waals surface area contributed by atoms with Gasteiger partial charge in [0.1, 0.15) is 0 Å². The van der Waals surface area contributed by atoms with Gasteiger partial charge in [-0.2, -0.15) is 0 Å². The number of hydrogen-bond donors (Lipinski definition) is 2. The minimum absolute atomic E-state index is 0.0102. The normalized spacial score (nSPS) is 18.6. The third kappa shape index (κ3) is 3.25. The van der Waals surface area contributed by atoms with Crippen LogP contribution in [0.25, 0.3) is 0 Å². The molecule has 22 heavy (non-hydrogen) atoms. The van der Waals surface area contributed by atoms with Crippen LogP contribution in [0.2, 0.25) is 0 Å². The average molecular weight is 303 g/mol. The second kappa shape index (κ2) is 6.26. The van der Waals surface area contributed by atoms with Crippen LogP contribution in [0.3, 0.4) is 0 Å². The summed E-state index contributed by atoms with van der Waals surface area (Å²) in [5.74, 6) is 0.0102. The number of nitrogens with zero attached hydrogens (tertiary/aromatic N) is 1. The number of morpholine rings is 1. The second-order valence-corrected chi connectivity index (χ2v) is 6.64. The Hall–Kier alpha value is -1.59. The number of amides is 1. The number of ether oxygens (including phenoxy) is 1. The van der Waals surface area contributed by atoms with E-state index in [9.17, 15) is 4.79 Å². The molecule has 0 bridgehead atoms. The van der Waals surface area contributed by atoms with Crippen molar-refractivity contribution in [2.45, 2.75) is 25.8 Å². The van der Waals surface area contributed by atoms with Crippen molar-refractivity contribution >= 4 is 11.6 Å². The number of anilines is 1. The number of benzene rings is 1. The highest BCUT2D eigenvalue weighted by molar-refractivity contribution is 5.95. The Labute approximate surface area is 132 Å². The molecule has 2 N–H and O–H groups in total. The van der Waals surface area contributed by atoms with E-state index in [2.05, 4.69) is 29.4 Å². The van der Waals surface area contributed by atoms with Crippen molar-refractivity contribution in [3.8, 4) is 0 Å². The molecule has 1 saturated heterocycles. The maximum atomic E-state index is 12.4.